The maximum Gasteiger partial charge on any atom is 0.0471 e. The molecule has 2 N–H and O–H groups in total. The molecule has 4 heteroatoms. The summed E-state index contributed by atoms with van der Waals surface area (Å²) in [5.74, 6) is 0. The minimum Gasteiger partial charge on any atom is -0.329 e. The predicted molar refractivity (Wildman–Crippen MR) is 81.5 cm³/mol. The Balaban J connectivity index is 2.08. The molecule has 2 rings (SSSR count). The summed E-state index contributed by atoms with van der Waals surface area (Å²) in [6.07, 6.45) is 0. The highest BCUT2D eigenvalue weighted by molar-refractivity contribution is 6.30. The van der Waals surface area contributed by atoms with E-state index in [1.807, 2.05) is 12.1 Å². The van der Waals surface area contributed by atoms with Gasteiger partial charge in [-0.1, -0.05) is 30.7 Å². The van der Waals surface area contributed by atoms with E-state index in [4.69, 9.17) is 17.3 Å². The molecule has 0 aliphatic carbocycles. The second-order valence-electron chi connectivity index (χ2n) is 5.28. The number of piperazine rings is 1. The van der Waals surface area contributed by atoms with Gasteiger partial charge in [0.05, 0.1) is 0 Å². The van der Waals surface area contributed by atoms with Crippen molar-refractivity contribution in [1.82, 2.24) is 9.80 Å². The van der Waals surface area contributed by atoms with E-state index in [-0.39, 0.29) is 0 Å². The van der Waals surface area contributed by atoms with Crippen molar-refractivity contribution in [2.45, 2.75) is 25.9 Å². The van der Waals surface area contributed by atoms with Crippen molar-refractivity contribution in [3.63, 3.8) is 0 Å². The molecular formula is C15H24ClN3. The quantitative estimate of drug-likeness (QED) is 0.920. The fourth-order valence-corrected chi connectivity index (χ4v) is 3.08. The zero-order valence-electron chi connectivity index (χ0n) is 11.8. The van der Waals surface area contributed by atoms with E-state index < -0.39 is 0 Å². The molecule has 0 bridgehead atoms. The molecule has 1 aromatic carbocycles. The second-order valence-corrected chi connectivity index (χ2v) is 5.71. The zero-order chi connectivity index (χ0) is 13.8. The molecule has 19 heavy (non-hydrogen) atoms. The number of benzene rings is 1. The van der Waals surface area contributed by atoms with Crippen LogP contribution in [0, 0.1) is 0 Å². The summed E-state index contributed by atoms with van der Waals surface area (Å²) in [5.41, 5.74) is 7.27. The lowest BCUT2D eigenvalue weighted by atomic mass is 10.0. The van der Waals surface area contributed by atoms with Gasteiger partial charge in [-0.05, 0) is 31.2 Å². The van der Waals surface area contributed by atoms with Crippen LogP contribution in [-0.4, -0.2) is 48.6 Å². The third-order valence-corrected chi connectivity index (χ3v) is 4.37. The molecule has 2 atom stereocenters. The van der Waals surface area contributed by atoms with Gasteiger partial charge in [-0.15, -0.1) is 0 Å². The topological polar surface area (TPSA) is 32.5 Å². The van der Waals surface area contributed by atoms with Crippen molar-refractivity contribution in [2.24, 2.45) is 5.73 Å². The third-order valence-electron chi connectivity index (χ3n) is 4.12. The lowest BCUT2D eigenvalue weighted by Gasteiger charge is -2.42. The maximum atomic E-state index is 6.00. The summed E-state index contributed by atoms with van der Waals surface area (Å²) in [4.78, 5) is 5.02. The zero-order valence-corrected chi connectivity index (χ0v) is 12.6. The number of halogens is 1. The van der Waals surface area contributed by atoms with Crippen LogP contribution in [0.3, 0.4) is 0 Å². The van der Waals surface area contributed by atoms with Crippen LogP contribution in [0.25, 0.3) is 0 Å². The fraction of sp³-hybridized carbons (Fsp3) is 0.600. The van der Waals surface area contributed by atoms with Crippen molar-refractivity contribution in [3.05, 3.63) is 34.9 Å². The molecule has 0 aromatic heterocycles. The van der Waals surface area contributed by atoms with E-state index in [1.165, 1.54) is 5.56 Å². The average Bonchev–Trinajstić information content (AvgIpc) is 2.42. The van der Waals surface area contributed by atoms with Crippen molar-refractivity contribution in [3.8, 4) is 0 Å². The van der Waals surface area contributed by atoms with Gasteiger partial charge in [-0.3, -0.25) is 9.80 Å². The molecule has 1 aliphatic rings. The fourth-order valence-electron chi connectivity index (χ4n) is 2.96. The Bertz CT molecular complexity index is 393. The Morgan fingerprint density at radius 1 is 1.32 bits per heavy atom. The molecule has 0 saturated carbocycles. The number of likely N-dealkylation sites (N-methyl/N-ethyl adjacent to an activating group) is 1. The number of nitrogens with two attached hydrogens (primary N) is 1. The summed E-state index contributed by atoms with van der Waals surface area (Å²) in [6, 6.07) is 8.99. The monoisotopic (exact) mass is 281 g/mol. The van der Waals surface area contributed by atoms with Crippen LogP contribution in [0.2, 0.25) is 5.02 Å². The Morgan fingerprint density at radius 2 is 2.00 bits per heavy atom. The highest BCUT2D eigenvalue weighted by Gasteiger charge is 2.27. The number of rotatable bonds is 4. The van der Waals surface area contributed by atoms with Crippen molar-refractivity contribution in [1.29, 1.82) is 0 Å². The molecule has 2 unspecified atom stereocenters. The van der Waals surface area contributed by atoms with E-state index in [9.17, 15) is 0 Å². The maximum absolute atomic E-state index is 6.00. The summed E-state index contributed by atoms with van der Waals surface area (Å²) in [6.45, 7) is 9.60. The molecule has 1 aromatic rings. The van der Waals surface area contributed by atoms with Crippen LogP contribution >= 0.6 is 11.6 Å². The Morgan fingerprint density at radius 3 is 2.53 bits per heavy atom. The molecule has 0 amide bonds. The van der Waals surface area contributed by atoms with Gasteiger partial charge in [-0.25, -0.2) is 0 Å². The van der Waals surface area contributed by atoms with Gasteiger partial charge >= 0.3 is 0 Å². The first kappa shape index (κ1) is 14.8. The van der Waals surface area contributed by atoms with E-state index in [0.717, 1.165) is 31.2 Å². The average molecular weight is 282 g/mol. The normalized spacial score (nSPS) is 23.5. The Kier molecular flexibility index (Phi) is 5.22. The predicted octanol–water partition coefficient (Wildman–Crippen LogP) is 2.37. The van der Waals surface area contributed by atoms with Crippen molar-refractivity contribution >= 4 is 11.6 Å². The van der Waals surface area contributed by atoms with Crippen molar-refractivity contribution < 1.29 is 0 Å². The molecule has 0 spiro atoms. The first-order valence-electron chi connectivity index (χ1n) is 7.09. The SMILES string of the molecule is CCN1CCN(C(CN)c2ccc(Cl)cc2)CC1C. The lowest BCUT2D eigenvalue weighted by Crippen LogP contribution is -2.53. The smallest absolute Gasteiger partial charge is 0.0471 e. The largest absolute Gasteiger partial charge is 0.329 e. The van der Waals surface area contributed by atoms with E-state index >= 15 is 0 Å². The van der Waals surface area contributed by atoms with E-state index in [1.54, 1.807) is 0 Å². The highest BCUT2D eigenvalue weighted by atomic mass is 35.5. The number of hydrogen-bond donors (Lipinski definition) is 1. The first-order valence-corrected chi connectivity index (χ1v) is 7.47. The standard InChI is InChI=1S/C15H24ClN3/c1-3-18-8-9-19(11-12(18)2)15(10-17)13-4-6-14(16)7-5-13/h4-7,12,15H,3,8-11,17H2,1-2H3. The molecule has 0 radical (unpaired) electrons. The second kappa shape index (κ2) is 6.71. The van der Waals surface area contributed by atoms with Crippen LogP contribution in [0.4, 0.5) is 0 Å². The molecule has 1 saturated heterocycles. The van der Waals surface area contributed by atoms with Gasteiger partial charge in [0.25, 0.3) is 0 Å². The van der Waals surface area contributed by atoms with Gasteiger partial charge in [-0.2, -0.15) is 0 Å². The minimum atomic E-state index is 0.304. The molecule has 1 heterocycles. The minimum absolute atomic E-state index is 0.304. The van der Waals surface area contributed by atoms with Gasteiger partial charge in [0.2, 0.25) is 0 Å². The molecule has 1 aliphatic heterocycles. The summed E-state index contributed by atoms with van der Waals surface area (Å²) in [7, 11) is 0. The van der Waals surface area contributed by atoms with E-state index in [2.05, 4.69) is 35.8 Å². The summed E-state index contributed by atoms with van der Waals surface area (Å²) in [5, 5.41) is 0.781. The number of nitrogens with zero attached hydrogens (tertiary/aromatic N) is 2. The van der Waals surface area contributed by atoms with E-state index in [0.29, 0.717) is 18.6 Å². The molecule has 1 fully saturated rings. The molecule has 3 nitrogen and oxygen atoms in total. The first-order chi connectivity index (χ1) is 9.15. The van der Waals surface area contributed by atoms with Crippen LogP contribution in [0.5, 0.6) is 0 Å². The van der Waals surface area contributed by atoms with Gasteiger partial charge < -0.3 is 5.73 Å². The Labute approximate surface area is 121 Å². The lowest BCUT2D eigenvalue weighted by molar-refractivity contribution is 0.0606. The molecular weight excluding hydrogens is 258 g/mol. The van der Waals surface area contributed by atoms with Gasteiger partial charge in [0.15, 0.2) is 0 Å². The highest BCUT2D eigenvalue weighted by Crippen LogP contribution is 2.24. The van der Waals surface area contributed by atoms with Crippen LogP contribution in [0.1, 0.15) is 25.5 Å². The van der Waals surface area contributed by atoms with Crippen LogP contribution in [-0.2, 0) is 0 Å². The number of hydrogen-bond acceptors (Lipinski definition) is 3. The summed E-state index contributed by atoms with van der Waals surface area (Å²) < 4.78 is 0. The third kappa shape index (κ3) is 3.48. The Hall–Kier alpha value is -0.610. The van der Waals surface area contributed by atoms with Crippen LogP contribution in [0.15, 0.2) is 24.3 Å². The van der Waals surface area contributed by atoms with Gasteiger partial charge in [0, 0.05) is 43.3 Å². The molecule has 106 valence electrons. The van der Waals surface area contributed by atoms with Gasteiger partial charge in [0.1, 0.15) is 0 Å². The summed E-state index contributed by atoms with van der Waals surface area (Å²) >= 11 is 5.95. The van der Waals surface area contributed by atoms with Crippen LogP contribution < -0.4 is 5.73 Å². The van der Waals surface area contributed by atoms with Crippen molar-refractivity contribution in [2.75, 3.05) is 32.7 Å².